The standard InChI is InChI=1S/C21H23NO6/c1-25-14-5-12(6-15(8-14)26-2)21-17-10-19(28-4)18(27-3)9-16(17)13(11-22-21)7-20(23)24/h5-6,8-10,13H,7,11H2,1-4H3,(H,23,24). The lowest BCUT2D eigenvalue weighted by Crippen LogP contribution is -2.21. The van der Waals surface area contributed by atoms with Gasteiger partial charge in [-0.1, -0.05) is 0 Å². The summed E-state index contributed by atoms with van der Waals surface area (Å²) in [5.74, 6) is 1.29. The Morgan fingerprint density at radius 1 is 0.964 bits per heavy atom. The van der Waals surface area contributed by atoms with Gasteiger partial charge in [0.15, 0.2) is 11.5 Å². The minimum atomic E-state index is -0.868. The highest BCUT2D eigenvalue weighted by Crippen LogP contribution is 2.39. The lowest BCUT2D eigenvalue weighted by Gasteiger charge is -2.26. The fraction of sp³-hybridized carbons (Fsp3) is 0.333. The number of hydrogen-bond donors (Lipinski definition) is 1. The van der Waals surface area contributed by atoms with Crippen molar-refractivity contribution in [2.45, 2.75) is 12.3 Å². The summed E-state index contributed by atoms with van der Waals surface area (Å²) in [5, 5.41) is 9.30. The number of ether oxygens (including phenoxy) is 4. The molecule has 2 aromatic rings. The number of aliphatic carboxylic acids is 1. The first kappa shape index (κ1) is 19.5. The van der Waals surface area contributed by atoms with Gasteiger partial charge in [-0.25, -0.2) is 0 Å². The van der Waals surface area contributed by atoms with Gasteiger partial charge in [0.05, 0.1) is 40.6 Å². The highest BCUT2D eigenvalue weighted by molar-refractivity contribution is 6.15. The summed E-state index contributed by atoms with van der Waals surface area (Å²) in [5.41, 5.74) is 3.23. The van der Waals surface area contributed by atoms with Gasteiger partial charge >= 0.3 is 5.97 Å². The lowest BCUT2D eigenvalue weighted by molar-refractivity contribution is -0.137. The summed E-state index contributed by atoms with van der Waals surface area (Å²) in [6.07, 6.45) is -0.0132. The Labute approximate surface area is 163 Å². The summed E-state index contributed by atoms with van der Waals surface area (Å²) in [6, 6.07) is 9.22. The van der Waals surface area contributed by atoms with Gasteiger partial charge in [-0.3, -0.25) is 9.79 Å². The molecule has 7 nitrogen and oxygen atoms in total. The molecule has 28 heavy (non-hydrogen) atoms. The third-order valence-electron chi connectivity index (χ3n) is 4.77. The number of carboxylic acid groups (broad SMARTS) is 1. The van der Waals surface area contributed by atoms with E-state index >= 15 is 0 Å². The largest absolute Gasteiger partial charge is 0.497 e. The second-order valence-electron chi connectivity index (χ2n) is 6.38. The fourth-order valence-electron chi connectivity index (χ4n) is 3.40. The van der Waals surface area contributed by atoms with Crippen molar-refractivity contribution in [3.05, 3.63) is 47.0 Å². The zero-order valence-corrected chi connectivity index (χ0v) is 16.3. The quantitative estimate of drug-likeness (QED) is 0.788. The van der Waals surface area contributed by atoms with E-state index in [9.17, 15) is 9.90 Å². The molecule has 148 valence electrons. The molecular formula is C21H23NO6. The van der Waals surface area contributed by atoms with Gasteiger partial charge < -0.3 is 24.1 Å². The molecule has 0 aromatic heterocycles. The molecule has 1 N–H and O–H groups in total. The van der Waals surface area contributed by atoms with Crippen LogP contribution in [0.25, 0.3) is 0 Å². The van der Waals surface area contributed by atoms with Crippen LogP contribution in [-0.2, 0) is 4.79 Å². The molecular weight excluding hydrogens is 362 g/mol. The molecule has 1 unspecified atom stereocenters. The molecule has 7 heteroatoms. The topological polar surface area (TPSA) is 86.6 Å². The van der Waals surface area contributed by atoms with Crippen molar-refractivity contribution in [1.82, 2.24) is 0 Å². The molecule has 1 heterocycles. The van der Waals surface area contributed by atoms with Crippen molar-refractivity contribution in [1.29, 1.82) is 0 Å². The number of methoxy groups -OCH3 is 4. The van der Waals surface area contributed by atoms with Gasteiger partial charge in [0, 0.05) is 29.7 Å². The molecule has 0 radical (unpaired) electrons. The Bertz CT molecular complexity index is 899. The molecule has 1 atom stereocenters. The Morgan fingerprint density at radius 2 is 1.57 bits per heavy atom. The number of nitrogens with zero attached hydrogens (tertiary/aromatic N) is 1. The summed E-state index contributed by atoms with van der Waals surface area (Å²) < 4.78 is 21.6. The predicted molar refractivity (Wildman–Crippen MR) is 105 cm³/mol. The summed E-state index contributed by atoms with van der Waals surface area (Å²) >= 11 is 0. The van der Waals surface area contributed by atoms with E-state index in [4.69, 9.17) is 23.9 Å². The van der Waals surface area contributed by atoms with E-state index in [0.29, 0.717) is 29.5 Å². The average Bonchev–Trinajstić information content (AvgIpc) is 2.72. The van der Waals surface area contributed by atoms with E-state index in [-0.39, 0.29) is 12.3 Å². The van der Waals surface area contributed by atoms with Gasteiger partial charge in [-0.05, 0) is 29.8 Å². The van der Waals surface area contributed by atoms with Crippen LogP contribution in [0.1, 0.15) is 29.0 Å². The van der Waals surface area contributed by atoms with Crippen LogP contribution >= 0.6 is 0 Å². The van der Waals surface area contributed by atoms with Gasteiger partial charge in [-0.15, -0.1) is 0 Å². The van der Waals surface area contributed by atoms with Crippen molar-refractivity contribution in [3.63, 3.8) is 0 Å². The maximum absolute atomic E-state index is 11.3. The van der Waals surface area contributed by atoms with Crippen molar-refractivity contribution in [2.24, 2.45) is 4.99 Å². The van der Waals surface area contributed by atoms with E-state index in [2.05, 4.69) is 0 Å². The number of carbonyl (C=O) groups is 1. The molecule has 0 aliphatic carbocycles. The molecule has 0 saturated carbocycles. The molecule has 1 aliphatic heterocycles. The van der Waals surface area contributed by atoms with E-state index < -0.39 is 5.97 Å². The minimum absolute atomic E-state index is 0.0132. The monoisotopic (exact) mass is 385 g/mol. The van der Waals surface area contributed by atoms with Crippen LogP contribution in [0.2, 0.25) is 0 Å². The smallest absolute Gasteiger partial charge is 0.304 e. The molecule has 0 spiro atoms. The average molecular weight is 385 g/mol. The summed E-state index contributed by atoms with van der Waals surface area (Å²) in [4.78, 5) is 16.0. The molecule has 0 bridgehead atoms. The van der Waals surface area contributed by atoms with Gasteiger partial charge in [0.2, 0.25) is 0 Å². The molecule has 1 aliphatic rings. The van der Waals surface area contributed by atoms with Crippen molar-refractivity contribution in [2.75, 3.05) is 35.0 Å². The zero-order valence-electron chi connectivity index (χ0n) is 16.3. The molecule has 0 fully saturated rings. The number of carboxylic acids is 1. The van der Waals surface area contributed by atoms with Crippen LogP contribution in [0, 0.1) is 0 Å². The molecule has 0 amide bonds. The molecule has 3 rings (SSSR count). The molecule has 0 saturated heterocycles. The van der Waals surface area contributed by atoms with Gasteiger partial charge in [-0.2, -0.15) is 0 Å². The highest BCUT2D eigenvalue weighted by atomic mass is 16.5. The van der Waals surface area contributed by atoms with Crippen LogP contribution in [0.4, 0.5) is 0 Å². The number of benzene rings is 2. The van der Waals surface area contributed by atoms with Crippen LogP contribution in [-0.4, -0.2) is 51.8 Å². The van der Waals surface area contributed by atoms with Crippen molar-refractivity contribution in [3.8, 4) is 23.0 Å². The predicted octanol–water partition coefficient (Wildman–Crippen LogP) is 3.13. The second-order valence-corrected chi connectivity index (χ2v) is 6.38. The number of fused-ring (bicyclic) bond motifs is 1. The van der Waals surface area contributed by atoms with E-state index in [0.717, 1.165) is 22.4 Å². The number of rotatable bonds is 7. The summed E-state index contributed by atoms with van der Waals surface area (Å²) in [7, 11) is 6.30. The first-order valence-corrected chi connectivity index (χ1v) is 8.76. The normalized spacial score (nSPS) is 15.3. The third-order valence-corrected chi connectivity index (χ3v) is 4.77. The maximum Gasteiger partial charge on any atom is 0.304 e. The second kappa shape index (κ2) is 8.21. The molecule has 2 aromatic carbocycles. The number of aliphatic imine (C=N–C) groups is 1. The minimum Gasteiger partial charge on any atom is -0.497 e. The third kappa shape index (κ3) is 3.74. The first-order chi connectivity index (χ1) is 13.5. The van der Waals surface area contributed by atoms with Crippen LogP contribution in [0.5, 0.6) is 23.0 Å². The van der Waals surface area contributed by atoms with Crippen LogP contribution in [0.15, 0.2) is 35.3 Å². The van der Waals surface area contributed by atoms with Gasteiger partial charge in [0.25, 0.3) is 0 Å². The maximum atomic E-state index is 11.3. The highest BCUT2D eigenvalue weighted by Gasteiger charge is 2.28. The van der Waals surface area contributed by atoms with E-state index in [1.165, 1.54) is 0 Å². The zero-order chi connectivity index (χ0) is 20.3. The SMILES string of the molecule is COc1cc(OC)cc(C2=NCC(CC(=O)O)c3cc(OC)c(OC)cc32)c1. The number of hydrogen-bond acceptors (Lipinski definition) is 6. The van der Waals surface area contributed by atoms with Crippen molar-refractivity contribution < 1.29 is 28.8 Å². The first-order valence-electron chi connectivity index (χ1n) is 8.76. The van der Waals surface area contributed by atoms with E-state index in [1.807, 2.05) is 24.3 Å². The van der Waals surface area contributed by atoms with Crippen LogP contribution in [0.3, 0.4) is 0 Å². The lowest BCUT2D eigenvalue weighted by atomic mass is 9.84. The van der Waals surface area contributed by atoms with E-state index in [1.54, 1.807) is 34.5 Å². The Balaban J connectivity index is 2.18. The Kier molecular flexibility index (Phi) is 5.73. The Morgan fingerprint density at radius 3 is 2.11 bits per heavy atom. The fourth-order valence-corrected chi connectivity index (χ4v) is 3.40. The summed E-state index contributed by atoms with van der Waals surface area (Å²) in [6.45, 7) is 0.365. The Hall–Kier alpha value is -3.22. The van der Waals surface area contributed by atoms with Crippen LogP contribution < -0.4 is 18.9 Å². The van der Waals surface area contributed by atoms with Crippen molar-refractivity contribution >= 4 is 11.7 Å². The van der Waals surface area contributed by atoms with Gasteiger partial charge in [0.1, 0.15) is 11.5 Å².